The highest BCUT2D eigenvalue weighted by molar-refractivity contribution is 5.67. The van der Waals surface area contributed by atoms with E-state index in [-0.39, 0.29) is 12.2 Å². The molecule has 1 aromatic rings. The van der Waals surface area contributed by atoms with Gasteiger partial charge in [-0.15, -0.1) is 0 Å². The standard InChI is InChI=1S/C13H18N2O3/c14-18-12-6-8-15(9-7-12)13(16)17-10-11-4-2-1-3-5-11/h1-5,12H,6-10,14H2. The molecule has 1 aliphatic rings. The minimum atomic E-state index is -0.269. The number of hydrogen-bond donors (Lipinski definition) is 1. The van der Waals surface area contributed by atoms with Gasteiger partial charge in [-0.25, -0.2) is 10.7 Å². The van der Waals surface area contributed by atoms with Crippen LogP contribution in [0.2, 0.25) is 0 Å². The summed E-state index contributed by atoms with van der Waals surface area (Å²) >= 11 is 0. The second-order valence-corrected chi connectivity index (χ2v) is 4.36. The Morgan fingerprint density at radius 1 is 1.28 bits per heavy atom. The highest BCUT2D eigenvalue weighted by Crippen LogP contribution is 2.13. The van der Waals surface area contributed by atoms with Crippen LogP contribution in [0.5, 0.6) is 0 Å². The maximum absolute atomic E-state index is 11.8. The molecule has 0 spiro atoms. The monoisotopic (exact) mass is 250 g/mol. The van der Waals surface area contributed by atoms with E-state index >= 15 is 0 Å². The molecular formula is C13H18N2O3. The Labute approximate surface area is 106 Å². The molecule has 1 amide bonds. The molecule has 0 aliphatic carbocycles. The molecule has 1 aliphatic heterocycles. The summed E-state index contributed by atoms with van der Waals surface area (Å²) in [7, 11) is 0. The van der Waals surface area contributed by atoms with E-state index in [1.807, 2.05) is 30.3 Å². The number of carbonyl (C=O) groups is 1. The number of rotatable bonds is 3. The first-order valence-electron chi connectivity index (χ1n) is 6.11. The Hall–Kier alpha value is -1.59. The molecule has 0 atom stereocenters. The van der Waals surface area contributed by atoms with Crippen LogP contribution in [0.4, 0.5) is 4.79 Å². The van der Waals surface area contributed by atoms with E-state index in [9.17, 15) is 4.79 Å². The van der Waals surface area contributed by atoms with Crippen LogP contribution < -0.4 is 5.90 Å². The van der Waals surface area contributed by atoms with Gasteiger partial charge in [0.05, 0.1) is 6.10 Å². The largest absolute Gasteiger partial charge is 0.445 e. The third-order valence-corrected chi connectivity index (χ3v) is 3.10. The second kappa shape index (κ2) is 6.37. The van der Waals surface area contributed by atoms with Crippen molar-refractivity contribution in [1.29, 1.82) is 0 Å². The van der Waals surface area contributed by atoms with Crippen LogP contribution >= 0.6 is 0 Å². The Balaban J connectivity index is 1.75. The van der Waals surface area contributed by atoms with Crippen LogP contribution in [0.25, 0.3) is 0 Å². The lowest BCUT2D eigenvalue weighted by molar-refractivity contribution is 0.00399. The summed E-state index contributed by atoms with van der Waals surface area (Å²) in [6.45, 7) is 1.58. The SMILES string of the molecule is NOC1CCN(C(=O)OCc2ccccc2)CC1. The van der Waals surface area contributed by atoms with Crippen molar-refractivity contribution < 1.29 is 14.4 Å². The molecule has 5 nitrogen and oxygen atoms in total. The minimum absolute atomic E-state index is 0.0585. The molecule has 1 aromatic carbocycles. The van der Waals surface area contributed by atoms with Gasteiger partial charge in [0.1, 0.15) is 6.61 Å². The quantitative estimate of drug-likeness (QED) is 0.829. The van der Waals surface area contributed by atoms with Crippen molar-refractivity contribution in [2.75, 3.05) is 13.1 Å². The van der Waals surface area contributed by atoms with E-state index in [4.69, 9.17) is 15.5 Å². The number of carbonyl (C=O) groups excluding carboxylic acids is 1. The summed E-state index contributed by atoms with van der Waals surface area (Å²) in [5.41, 5.74) is 0.992. The zero-order chi connectivity index (χ0) is 12.8. The fourth-order valence-corrected chi connectivity index (χ4v) is 1.99. The van der Waals surface area contributed by atoms with Crippen molar-refractivity contribution in [2.45, 2.75) is 25.6 Å². The van der Waals surface area contributed by atoms with Crippen LogP contribution in [-0.4, -0.2) is 30.2 Å². The first-order valence-corrected chi connectivity index (χ1v) is 6.11. The Morgan fingerprint density at radius 3 is 2.56 bits per heavy atom. The minimum Gasteiger partial charge on any atom is -0.445 e. The van der Waals surface area contributed by atoms with Crippen molar-refractivity contribution in [3.63, 3.8) is 0 Å². The zero-order valence-corrected chi connectivity index (χ0v) is 10.2. The lowest BCUT2D eigenvalue weighted by Crippen LogP contribution is -2.41. The van der Waals surface area contributed by atoms with E-state index in [0.29, 0.717) is 19.7 Å². The molecule has 0 saturated carbocycles. The van der Waals surface area contributed by atoms with Crippen molar-refractivity contribution in [3.05, 3.63) is 35.9 Å². The van der Waals surface area contributed by atoms with Gasteiger partial charge in [-0.1, -0.05) is 30.3 Å². The summed E-state index contributed by atoms with van der Waals surface area (Å²) in [6, 6.07) is 9.65. The van der Waals surface area contributed by atoms with Crippen LogP contribution in [0.15, 0.2) is 30.3 Å². The van der Waals surface area contributed by atoms with E-state index < -0.39 is 0 Å². The van der Waals surface area contributed by atoms with Gasteiger partial charge in [0, 0.05) is 13.1 Å². The predicted molar refractivity (Wildman–Crippen MR) is 66.5 cm³/mol. The van der Waals surface area contributed by atoms with Crippen molar-refractivity contribution in [2.24, 2.45) is 5.90 Å². The summed E-state index contributed by atoms with van der Waals surface area (Å²) in [4.78, 5) is 18.3. The highest BCUT2D eigenvalue weighted by atomic mass is 16.6. The molecule has 0 bridgehead atoms. The smallest absolute Gasteiger partial charge is 0.410 e. The van der Waals surface area contributed by atoms with Crippen LogP contribution in [0, 0.1) is 0 Å². The molecule has 1 fully saturated rings. The van der Waals surface area contributed by atoms with Gasteiger partial charge in [-0.2, -0.15) is 0 Å². The Kier molecular flexibility index (Phi) is 4.55. The molecule has 2 rings (SSSR count). The van der Waals surface area contributed by atoms with E-state index in [1.54, 1.807) is 4.90 Å². The lowest BCUT2D eigenvalue weighted by Gasteiger charge is -2.29. The van der Waals surface area contributed by atoms with Crippen LogP contribution in [0.3, 0.4) is 0 Å². The molecule has 98 valence electrons. The predicted octanol–water partition coefficient (Wildman–Crippen LogP) is 1.68. The van der Waals surface area contributed by atoms with Gasteiger partial charge >= 0.3 is 6.09 Å². The summed E-state index contributed by atoms with van der Waals surface area (Å²) in [5, 5.41) is 0. The number of benzene rings is 1. The molecule has 18 heavy (non-hydrogen) atoms. The number of likely N-dealkylation sites (tertiary alicyclic amines) is 1. The van der Waals surface area contributed by atoms with E-state index in [2.05, 4.69) is 0 Å². The summed E-state index contributed by atoms with van der Waals surface area (Å²) < 4.78 is 5.25. The molecule has 5 heteroatoms. The lowest BCUT2D eigenvalue weighted by atomic mass is 10.1. The number of amides is 1. The number of piperidine rings is 1. The molecule has 2 N–H and O–H groups in total. The number of ether oxygens (including phenoxy) is 1. The number of hydrogen-bond acceptors (Lipinski definition) is 4. The third kappa shape index (κ3) is 3.45. The fourth-order valence-electron chi connectivity index (χ4n) is 1.99. The normalized spacial score (nSPS) is 16.6. The van der Waals surface area contributed by atoms with E-state index in [1.165, 1.54) is 0 Å². The third-order valence-electron chi connectivity index (χ3n) is 3.10. The maximum Gasteiger partial charge on any atom is 0.410 e. The summed E-state index contributed by atoms with van der Waals surface area (Å²) in [5.74, 6) is 5.12. The average molecular weight is 250 g/mol. The molecule has 1 saturated heterocycles. The number of nitrogens with zero attached hydrogens (tertiary/aromatic N) is 1. The molecule has 1 heterocycles. The van der Waals surface area contributed by atoms with Crippen molar-refractivity contribution in [3.8, 4) is 0 Å². The highest BCUT2D eigenvalue weighted by Gasteiger charge is 2.23. The Bertz CT molecular complexity index is 375. The molecule has 0 radical (unpaired) electrons. The maximum atomic E-state index is 11.8. The average Bonchev–Trinajstić information content (AvgIpc) is 2.46. The zero-order valence-electron chi connectivity index (χ0n) is 10.2. The van der Waals surface area contributed by atoms with Crippen LogP contribution in [-0.2, 0) is 16.2 Å². The molecule has 0 aromatic heterocycles. The first-order chi connectivity index (χ1) is 8.79. The van der Waals surface area contributed by atoms with Gasteiger partial charge in [-0.3, -0.25) is 0 Å². The first kappa shape index (κ1) is 12.9. The van der Waals surface area contributed by atoms with Gasteiger partial charge in [0.2, 0.25) is 0 Å². The van der Waals surface area contributed by atoms with E-state index in [0.717, 1.165) is 18.4 Å². The molecule has 0 unspecified atom stereocenters. The van der Waals surface area contributed by atoms with Gasteiger partial charge < -0.3 is 14.5 Å². The van der Waals surface area contributed by atoms with Gasteiger partial charge in [0.15, 0.2) is 0 Å². The molecular weight excluding hydrogens is 232 g/mol. The summed E-state index contributed by atoms with van der Waals surface area (Å²) in [6.07, 6.45) is 1.31. The van der Waals surface area contributed by atoms with Gasteiger partial charge in [-0.05, 0) is 18.4 Å². The topological polar surface area (TPSA) is 64.8 Å². The fraction of sp³-hybridized carbons (Fsp3) is 0.462. The van der Waals surface area contributed by atoms with Crippen LogP contribution in [0.1, 0.15) is 18.4 Å². The second-order valence-electron chi connectivity index (χ2n) is 4.36. The van der Waals surface area contributed by atoms with Crippen molar-refractivity contribution in [1.82, 2.24) is 4.90 Å². The van der Waals surface area contributed by atoms with Gasteiger partial charge in [0.25, 0.3) is 0 Å². The van der Waals surface area contributed by atoms with Crippen molar-refractivity contribution >= 4 is 6.09 Å². The Morgan fingerprint density at radius 2 is 1.94 bits per heavy atom. The number of nitrogens with two attached hydrogens (primary N) is 1.